The first-order valence-corrected chi connectivity index (χ1v) is 7.91. The molecule has 0 atom stereocenters. The Morgan fingerprint density at radius 2 is 1.56 bits per heavy atom. The van der Waals surface area contributed by atoms with Crippen LogP contribution in [0.2, 0.25) is 0 Å². The van der Waals surface area contributed by atoms with E-state index in [1.54, 1.807) is 18.2 Å². The lowest BCUT2D eigenvalue weighted by Crippen LogP contribution is -2.35. The van der Waals surface area contributed by atoms with E-state index in [0.717, 1.165) is 23.1 Å². The van der Waals surface area contributed by atoms with E-state index in [4.69, 9.17) is 9.47 Å². The van der Waals surface area contributed by atoms with Crippen LogP contribution in [0.15, 0.2) is 36.4 Å². The van der Waals surface area contributed by atoms with E-state index in [1.165, 1.54) is 21.3 Å². The second kappa shape index (κ2) is 8.98. The van der Waals surface area contributed by atoms with Gasteiger partial charge in [0.05, 0.1) is 21.3 Å². The molecule has 0 saturated carbocycles. The molecule has 0 aliphatic carbocycles. The van der Waals surface area contributed by atoms with Gasteiger partial charge in [0.2, 0.25) is 0 Å². The number of nitrogens with zero attached hydrogens (tertiary/aromatic N) is 1. The first-order chi connectivity index (χ1) is 12.9. The Labute approximate surface area is 155 Å². The molecule has 0 N–H and O–H groups in total. The minimum atomic E-state index is -1.15. The smallest absolute Gasteiger partial charge is 0.325 e. The minimum absolute atomic E-state index is 0.000485. The Bertz CT molecular complexity index is 819. The molecule has 0 fully saturated rings. The molecule has 2 aromatic rings. The van der Waals surface area contributed by atoms with Crippen molar-refractivity contribution in [1.82, 2.24) is 4.90 Å². The van der Waals surface area contributed by atoms with Crippen LogP contribution in [0.4, 0.5) is 8.78 Å². The van der Waals surface area contributed by atoms with Crippen LogP contribution >= 0.6 is 0 Å². The van der Waals surface area contributed by atoms with Gasteiger partial charge in [-0.3, -0.25) is 9.59 Å². The van der Waals surface area contributed by atoms with Gasteiger partial charge >= 0.3 is 5.97 Å². The number of ether oxygens (including phenoxy) is 3. The van der Waals surface area contributed by atoms with E-state index in [9.17, 15) is 18.4 Å². The highest BCUT2D eigenvalue weighted by Crippen LogP contribution is 2.24. The first-order valence-electron chi connectivity index (χ1n) is 7.91. The summed E-state index contributed by atoms with van der Waals surface area (Å²) in [5.74, 6) is -2.52. The maximum absolute atomic E-state index is 13.5. The van der Waals surface area contributed by atoms with E-state index in [0.29, 0.717) is 17.1 Å². The number of carbonyl (C=O) groups excluding carboxylic acids is 2. The van der Waals surface area contributed by atoms with Crippen molar-refractivity contribution in [3.8, 4) is 11.5 Å². The third-order valence-corrected chi connectivity index (χ3v) is 3.79. The second-order valence-electron chi connectivity index (χ2n) is 5.59. The monoisotopic (exact) mass is 379 g/mol. The normalized spacial score (nSPS) is 10.3. The van der Waals surface area contributed by atoms with Crippen molar-refractivity contribution in [2.24, 2.45) is 0 Å². The van der Waals surface area contributed by atoms with Gasteiger partial charge in [-0.15, -0.1) is 0 Å². The number of hydrogen-bond donors (Lipinski definition) is 0. The molecular weight excluding hydrogens is 360 g/mol. The molecule has 144 valence electrons. The molecule has 0 spiro atoms. The Balaban J connectivity index is 2.35. The quantitative estimate of drug-likeness (QED) is 0.692. The molecule has 0 radical (unpaired) electrons. The Morgan fingerprint density at radius 1 is 0.926 bits per heavy atom. The molecular formula is C19H19F2NO5. The van der Waals surface area contributed by atoms with Gasteiger partial charge in [-0.25, -0.2) is 8.78 Å². The maximum Gasteiger partial charge on any atom is 0.325 e. The standard InChI is InChI=1S/C19H19F2NO5/c1-25-14-6-12(7-15(9-14)26-2)10-22(11-18(23)27-3)19(24)13-4-5-16(20)17(21)8-13/h4-9H,10-11H2,1-3H3. The number of esters is 1. The second-order valence-corrected chi connectivity index (χ2v) is 5.59. The molecule has 0 saturated heterocycles. The van der Waals surface area contributed by atoms with Gasteiger partial charge in [-0.1, -0.05) is 0 Å². The highest BCUT2D eigenvalue weighted by atomic mass is 19.2. The van der Waals surface area contributed by atoms with Crippen LogP contribution < -0.4 is 9.47 Å². The number of methoxy groups -OCH3 is 3. The predicted molar refractivity (Wildman–Crippen MR) is 92.7 cm³/mol. The zero-order valence-electron chi connectivity index (χ0n) is 15.1. The maximum atomic E-state index is 13.5. The number of benzene rings is 2. The summed E-state index contributed by atoms with van der Waals surface area (Å²) in [7, 11) is 4.16. The Morgan fingerprint density at radius 3 is 2.07 bits per heavy atom. The van der Waals surface area contributed by atoms with Crippen LogP contribution in [-0.4, -0.2) is 44.7 Å². The van der Waals surface area contributed by atoms with Crippen molar-refractivity contribution in [2.45, 2.75) is 6.54 Å². The van der Waals surface area contributed by atoms with Crippen molar-refractivity contribution in [1.29, 1.82) is 0 Å². The molecule has 1 amide bonds. The highest BCUT2D eigenvalue weighted by molar-refractivity contribution is 5.96. The molecule has 0 aliphatic heterocycles. The number of rotatable bonds is 7. The summed E-state index contributed by atoms with van der Waals surface area (Å²) in [4.78, 5) is 25.6. The zero-order valence-corrected chi connectivity index (χ0v) is 15.1. The van der Waals surface area contributed by atoms with E-state index in [1.807, 2.05) is 0 Å². The average molecular weight is 379 g/mol. The van der Waals surface area contributed by atoms with Gasteiger partial charge < -0.3 is 19.1 Å². The molecule has 0 heterocycles. The van der Waals surface area contributed by atoms with Crippen molar-refractivity contribution in [3.63, 3.8) is 0 Å². The van der Waals surface area contributed by atoms with E-state index in [-0.39, 0.29) is 18.7 Å². The number of halogens is 2. The summed E-state index contributed by atoms with van der Waals surface area (Å²) in [5.41, 5.74) is 0.527. The summed E-state index contributed by atoms with van der Waals surface area (Å²) in [6.07, 6.45) is 0. The zero-order chi connectivity index (χ0) is 20.0. The summed E-state index contributed by atoms with van der Waals surface area (Å²) < 4.78 is 41.6. The number of amides is 1. The molecule has 27 heavy (non-hydrogen) atoms. The summed E-state index contributed by atoms with van der Waals surface area (Å²) >= 11 is 0. The average Bonchev–Trinajstić information content (AvgIpc) is 2.68. The molecule has 0 aromatic heterocycles. The van der Waals surface area contributed by atoms with Crippen LogP contribution in [0.25, 0.3) is 0 Å². The third kappa shape index (κ3) is 5.16. The molecule has 6 nitrogen and oxygen atoms in total. The van der Waals surface area contributed by atoms with Crippen molar-refractivity contribution < 1.29 is 32.6 Å². The number of carbonyl (C=O) groups is 2. The predicted octanol–water partition coefficient (Wildman–Crippen LogP) is 2.80. The van der Waals surface area contributed by atoms with Gasteiger partial charge in [-0.05, 0) is 35.9 Å². The van der Waals surface area contributed by atoms with Gasteiger partial charge in [0.1, 0.15) is 18.0 Å². The van der Waals surface area contributed by atoms with Crippen molar-refractivity contribution in [3.05, 3.63) is 59.2 Å². The Hall–Kier alpha value is -3.16. The van der Waals surface area contributed by atoms with E-state index < -0.39 is 23.5 Å². The summed E-state index contributed by atoms with van der Waals surface area (Å²) in [6, 6.07) is 7.79. The lowest BCUT2D eigenvalue weighted by Gasteiger charge is -2.22. The Kier molecular flexibility index (Phi) is 6.70. The highest BCUT2D eigenvalue weighted by Gasteiger charge is 2.21. The molecule has 2 rings (SSSR count). The van der Waals surface area contributed by atoms with Gasteiger partial charge in [0.15, 0.2) is 11.6 Å². The largest absolute Gasteiger partial charge is 0.497 e. The van der Waals surface area contributed by atoms with Crippen molar-refractivity contribution >= 4 is 11.9 Å². The minimum Gasteiger partial charge on any atom is -0.497 e. The fourth-order valence-corrected chi connectivity index (χ4v) is 2.41. The lowest BCUT2D eigenvalue weighted by atomic mass is 10.1. The third-order valence-electron chi connectivity index (χ3n) is 3.79. The molecule has 0 aliphatic rings. The molecule has 2 aromatic carbocycles. The SMILES string of the molecule is COC(=O)CN(Cc1cc(OC)cc(OC)c1)C(=O)c1ccc(F)c(F)c1. The number of hydrogen-bond acceptors (Lipinski definition) is 5. The van der Waals surface area contributed by atoms with E-state index >= 15 is 0 Å². The van der Waals surface area contributed by atoms with Crippen LogP contribution in [0, 0.1) is 11.6 Å². The molecule has 8 heteroatoms. The van der Waals surface area contributed by atoms with E-state index in [2.05, 4.69) is 4.74 Å². The summed E-state index contributed by atoms with van der Waals surface area (Å²) in [5, 5.41) is 0. The summed E-state index contributed by atoms with van der Waals surface area (Å²) in [6.45, 7) is -0.367. The fraction of sp³-hybridized carbons (Fsp3) is 0.263. The van der Waals surface area contributed by atoms with Gasteiger partial charge in [0, 0.05) is 18.2 Å². The van der Waals surface area contributed by atoms with Crippen LogP contribution in [0.1, 0.15) is 15.9 Å². The molecule has 0 unspecified atom stereocenters. The lowest BCUT2D eigenvalue weighted by molar-refractivity contribution is -0.141. The van der Waals surface area contributed by atoms with Gasteiger partial charge in [0.25, 0.3) is 5.91 Å². The topological polar surface area (TPSA) is 65.1 Å². The first kappa shape index (κ1) is 20.2. The fourth-order valence-electron chi connectivity index (χ4n) is 2.41. The van der Waals surface area contributed by atoms with Crippen LogP contribution in [0.5, 0.6) is 11.5 Å². The van der Waals surface area contributed by atoms with Crippen LogP contribution in [-0.2, 0) is 16.1 Å². The van der Waals surface area contributed by atoms with Crippen molar-refractivity contribution in [2.75, 3.05) is 27.9 Å². The molecule has 0 bridgehead atoms. The van der Waals surface area contributed by atoms with Gasteiger partial charge in [-0.2, -0.15) is 0 Å². The van der Waals surface area contributed by atoms with Crippen LogP contribution in [0.3, 0.4) is 0 Å².